The van der Waals surface area contributed by atoms with Crippen molar-refractivity contribution in [3.63, 3.8) is 0 Å². The maximum absolute atomic E-state index is 12.1. The number of benzene rings is 1. The number of para-hydroxylation sites is 2. The zero-order valence-electron chi connectivity index (χ0n) is 13.8. The Hall–Kier alpha value is -2.13. The molecule has 0 aliphatic heterocycles. The highest BCUT2D eigenvalue weighted by molar-refractivity contribution is 7.99. The number of nitriles is 1. The lowest BCUT2D eigenvalue weighted by Crippen LogP contribution is -2.49. The SMILES string of the molecule is Cc1nc2ccccc2nc1SCC(=O)NC(C)(C#N)C(C)C. The van der Waals surface area contributed by atoms with E-state index in [0.717, 1.165) is 21.8 Å². The summed E-state index contributed by atoms with van der Waals surface area (Å²) in [7, 11) is 0. The van der Waals surface area contributed by atoms with Crippen LogP contribution in [0.1, 0.15) is 26.5 Å². The van der Waals surface area contributed by atoms with Gasteiger partial charge in [-0.25, -0.2) is 9.97 Å². The number of aryl methyl sites for hydroxylation is 1. The Bertz CT molecular complexity index is 769. The first-order valence-corrected chi connectivity index (χ1v) is 8.42. The second-order valence-electron chi connectivity index (χ2n) is 5.91. The van der Waals surface area contributed by atoms with Crippen LogP contribution >= 0.6 is 11.8 Å². The molecule has 0 aliphatic carbocycles. The topological polar surface area (TPSA) is 78.7 Å². The average Bonchev–Trinajstić information content (AvgIpc) is 2.52. The molecule has 6 heteroatoms. The van der Waals surface area contributed by atoms with Crippen LogP contribution in [-0.2, 0) is 4.79 Å². The maximum atomic E-state index is 12.1. The molecule has 0 aliphatic rings. The molecule has 2 aromatic rings. The number of nitrogens with zero attached hydrogens (tertiary/aromatic N) is 3. The van der Waals surface area contributed by atoms with E-state index >= 15 is 0 Å². The summed E-state index contributed by atoms with van der Waals surface area (Å²) in [4.78, 5) is 21.2. The number of hydrogen-bond acceptors (Lipinski definition) is 5. The number of nitrogens with one attached hydrogen (secondary N) is 1. The Morgan fingerprint density at radius 3 is 2.52 bits per heavy atom. The van der Waals surface area contributed by atoms with Crippen molar-refractivity contribution in [1.29, 1.82) is 5.26 Å². The fourth-order valence-corrected chi connectivity index (χ4v) is 2.73. The summed E-state index contributed by atoms with van der Waals surface area (Å²) < 4.78 is 0. The van der Waals surface area contributed by atoms with E-state index in [0.29, 0.717) is 0 Å². The molecule has 1 heterocycles. The molecule has 0 bridgehead atoms. The molecule has 1 aromatic carbocycles. The Morgan fingerprint density at radius 1 is 1.35 bits per heavy atom. The third-order valence-electron chi connectivity index (χ3n) is 3.83. The Labute approximate surface area is 140 Å². The Balaban J connectivity index is 2.08. The highest BCUT2D eigenvalue weighted by atomic mass is 32.2. The molecule has 120 valence electrons. The Kier molecular flexibility index (Phi) is 5.22. The smallest absolute Gasteiger partial charge is 0.231 e. The van der Waals surface area contributed by atoms with Crippen molar-refractivity contribution >= 4 is 28.7 Å². The number of fused-ring (bicyclic) bond motifs is 1. The van der Waals surface area contributed by atoms with Gasteiger partial charge in [-0.2, -0.15) is 5.26 Å². The summed E-state index contributed by atoms with van der Waals surface area (Å²) in [6.45, 7) is 7.44. The second-order valence-corrected chi connectivity index (χ2v) is 6.87. The zero-order valence-corrected chi connectivity index (χ0v) is 14.6. The normalized spacial score (nSPS) is 13.6. The predicted molar refractivity (Wildman–Crippen MR) is 92.0 cm³/mol. The number of thioether (sulfide) groups is 1. The minimum absolute atomic E-state index is 0.0312. The monoisotopic (exact) mass is 328 g/mol. The first-order valence-electron chi connectivity index (χ1n) is 7.44. The van der Waals surface area contributed by atoms with Gasteiger partial charge in [0.05, 0.1) is 28.5 Å². The highest BCUT2D eigenvalue weighted by Crippen LogP contribution is 2.22. The van der Waals surface area contributed by atoms with E-state index in [1.54, 1.807) is 6.92 Å². The van der Waals surface area contributed by atoms with Crippen molar-refractivity contribution in [3.8, 4) is 6.07 Å². The molecule has 0 saturated carbocycles. The number of rotatable bonds is 5. The zero-order chi connectivity index (χ0) is 17.0. The maximum Gasteiger partial charge on any atom is 0.231 e. The van der Waals surface area contributed by atoms with Crippen LogP contribution < -0.4 is 5.32 Å². The van der Waals surface area contributed by atoms with E-state index in [1.165, 1.54) is 11.8 Å². The van der Waals surface area contributed by atoms with E-state index in [9.17, 15) is 10.1 Å². The van der Waals surface area contributed by atoms with Crippen molar-refractivity contribution in [2.75, 3.05) is 5.75 Å². The van der Waals surface area contributed by atoms with Gasteiger partial charge in [0.15, 0.2) is 0 Å². The Morgan fingerprint density at radius 2 is 1.96 bits per heavy atom. The van der Waals surface area contributed by atoms with Crippen LogP contribution in [0, 0.1) is 24.2 Å². The molecule has 23 heavy (non-hydrogen) atoms. The average molecular weight is 328 g/mol. The van der Waals surface area contributed by atoms with Gasteiger partial charge in [0.1, 0.15) is 10.6 Å². The van der Waals surface area contributed by atoms with Gasteiger partial charge in [-0.15, -0.1) is 0 Å². The fraction of sp³-hybridized carbons (Fsp3) is 0.412. The van der Waals surface area contributed by atoms with E-state index in [4.69, 9.17) is 0 Å². The molecule has 1 atom stereocenters. The van der Waals surface area contributed by atoms with Crippen molar-refractivity contribution in [1.82, 2.24) is 15.3 Å². The van der Waals surface area contributed by atoms with Gasteiger partial charge in [-0.1, -0.05) is 37.7 Å². The van der Waals surface area contributed by atoms with Gasteiger partial charge in [-0.3, -0.25) is 4.79 Å². The van der Waals surface area contributed by atoms with Gasteiger partial charge >= 0.3 is 0 Å². The molecule has 1 amide bonds. The van der Waals surface area contributed by atoms with Gasteiger partial charge in [-0.05, 0) is 31.9 Å². The van der Waals surface area contributed by atoms with Crippen molar-refractivity contribution < 1.29 is 4.79 Å². The van der Waals surface area contributed by atoms with Crippen LogP contribution in [0.25, 0.3) is 11.0 Å². The number of carbonyl (C=O) groups excluding carboxylic acids is 1. The van der Waals surface area contributed by atoms with E-state index in [2.05, 4.69) is 21.4 Å². The first-order chi connectivity index (χ1) is 10.9. The summed E-state index contributed by atoms with van der Waals surface area (Å²) in [6.07, 6.45) is 0. The number of carbonyl (C=O) groups is 1. The van der Waals surface area contributed by atoms with Gasteiger partial charge < -0.3 is 5.32 Å². The van der Waals surface area contributed by atoms with Crippen molar-refractivity contribution in [2.24, 2.45) is 5.92 Å². The summed E-state index contributed by atoms with van der Waals surface area (Å²) >= 11 is 1.34. The summed E-state index contributed by atoms with van der Waals surface area (Å²) in [5.41, 5.74) is 1.59. The minimum atomic E-state index is -0.859. The summed E-state index contributed by atoms with van der Waals surface area (Å²) in [6, 6.07) is 9.82. The molecular weight excluding hydrogens is 308 g/mol. The number of hydrogen-bond donors (Lipinski definition) is 1. The lowest BCUT2D eigenvalue weighted by atomic mass is 9.90. The third-order valence-corrected chi connectivity index (χ3v) is 4.89. The number of aromatic nitrogens is 2. The van der Waals surface area contributed by atoms with Gasteiger partial charge in [0.2, 0.25) is 5.91 Å². The van der Waals surface area contributed by atoms with Crippen molar-refractivity contribution in [3.05, 3.63) is 30.0 Å². The van der Waals surface area contributed by atoms with E-state index < -0.39 is 5.54 Å². The molecule has 0 fully saturated rings. The molecule has 0 saturated heterocycles. The number of amides is 1. The van der Waals surface area contributed by atoms with E-state index in [-0.39, 0.29) is 17.6 Å². The van der Waals surface area contributed by atoms with Gasteiger partial charge in [0.25, 0.3) is 0 Å². The second kappa shape index (κ2) is 6.97. The van der Waals surface area contributed by atoms with Crippen LogP contribution in [0.15, 0.2) is 29.3 Å². The quantitative estimate of drug-likeness (QED) is 0.853. The van der Waals surface area contributed by atoms with Crippen LogP contribution in [-0.4, -0.2) is 27.2 Å². The molecule has 1 unspecified atom stereocenters. The molecule has 1 aromatic heterocycles. The molecular formula is C17H20N4OS. The van der Waals surface area contributed by atoms with Crippen LogP contribution in [0.4, 0.5) is 0 Å². The lowest BCUT2D eigenvalue weighted by molar-refractivity contribution is -0.120. The third kappa shape index (κ3) is 3.99. The fourth-order valence-electron chi connectivity index (χ4n) is 1.97. The summed E-state index contributed by atoms with van der Waals surface area (Å²) in [5, 5.41) is 12.8. The van der Waals surface area contributed by atoms with Crippen LogP contribution in [0.3, 0.4) is 0 Å². The first kappa shape index (κ1) is 17.2. The standard InChI is InChI=1S/C17H20N4OS/c1-11(2)17(4,10-18)21-15(22)9-23-16-12(3)19-13-7-5-6-8-14(13)20-16/h5-8,11H,9H2,1-4H3,(H,21,22). The van der Waals surface area contributed by atoms with Gasteiger partial charge in [0, 0.05) is 0 Å². The van der Waals surface area contributed by atoms with E-state index in [1.807, 2.05) is 45.0 Å². The molecule has 2 rings (SSSR count). The largest absolute Gasteiger partial charge is 0.337 e. The van der Waals surface area contributed by atoms with Crippen LogP contribution in [0.2, 0.25) is 0 Å². The van der Waals surface area contributed by atoms with Crippen LogP contribution in [0.5, 0.6) is 0 Å². The molecule has 0 spiro atoms. The highest BCUT2D eigenvalue weighted by Gasteiger charge is 2.29. The molecule has 5 nitrogen and oxygen atoms in total. The van der Waals surface area contributed by atoms with Crippen molar-refractivity contribution in [2.45, 2.75) is 38.3 Å². The molecule has 0 radical (unpaired) electrons. The minimum Gasteiger partial charge on any atom is -0.337 e. The lowest BCUT2D eigenvalue weighted by Gasteiger charge is -2.27. The summed E-state index contributed by atoms with van der Waals surface area (Å²) in [5.74, 6) is 0.0588. The molecule has 1 N–H and O–H groups in total. The predicted octanol–water partition coefficient (Wildman–Crippen LogP) is 3.08.